The van der Waals surface area contributed by atoms with Gasteiger partial charge >= 0.3 is 5.97 Å². The molecule has 3 nitrogen and oxygen atoms in total. The topological polar surface area (TPSA) is 43.4 Å². The van der Waals surface area contributed by atoms with E-state index in [1.54, 1.807) is 6.92 Å². The average Bonchev–Trinajstić information content (AvgIpc) is 2.33. The third-order valence-electron chi connectivity index (χ3n) is 2.40. The number of carbonyl (C=O) groups is 2. The number of benzene rings is 1. The molecule has 0 atom stereocenters. The van der Waals surface area contributed by atoms with Crippen LogP contribution in [0.15, 0.2) is 30.3 Å². The van der Waals surface area contributed by atoms with Crippen LogP contribution in [0, 0.1) is 0 Å². The van der Waals surface area contributed by atoms with Gasteiger partial charge in [0.15, 0.2) is 0 Å². The molecular weight excluding hydrogens is 216 g/mol. The summed E-state index contributed by atoms with van der Waals surface area (Å²) in [5, 5.41) is 0. The fourth-order valence-electron chi connectivity index (χ4n) is 1.45. The molecule has 1 rings (SSSR count). The van der Waals surface area contributed by atoms with Crippen molar-refractivity contribution in [3.63, 3.8) is 0 Å². The summed E-state index contributed by atoms with van der Waals surface area (Å²) in [5.41, 5.74) is 0.990. The lowest BCUT2D eigenvalue weighted by Gasteiger charge is -2.04. The number of Topliss-reactive ketones (excluding diaryl/α,β-unsaturated/α-hetero) is 1. The number of hydrogen-bond donors (Lipinski definition) is 0. The molecule has 92 valence electrons. The minimum Gasteiger partial charge on any atom is -0.461 e. The molecule has 0 amide bonds. The fourth-order valence-corrected chi connectivity index (χ4v) is 1.45. The Balaban J connectivity index is 2.11. The monoisotopic (exact) mass is 234 g/mol. The maximum absolute atomic E-state index is 11.4. The Hall–Kier alpha value is -1.64. The second-order valence-corrected chi connectivity index (χ2v) is 4.06. The highest BCUT2D eigenvalue weighted by Crippen LogP contribution is 2.05. The van der Waals surface area contributed by atoms with E-state index in [9.17, 15) is 9.59 Å². The molecule has 3 heteroatoms. The van der Waals surface area contributed by atoms with Crippen molar-refractivity contribution in [2.75, 3.05) is 0 Å². The van der Waals surface area contributed by atoms with Gasteiger partial charge in [0.2, 0.25) is 0 Å². The molecule has 0 fully saturated rings. The van der Waals surface area contributed by atoms with Gasteiger partial charge in [-0.25, -0.2) is 0 Å². The highest BCUT2D eigenvalue weighted by Gasteiger charge is 2.03. The molecule has 0 spiro atoms. The molecule has 0 saturated heterocycles. The minimum atomic E-state index is -0.197. The Morgan fingerprint density at radius 2 is 1.71 bits per heavy atom. The van der Waals surface area contributed by atoms with E-state index in [1.165, 1.54) is 0 Å². The van der Waals surface area contributed by atoms with E-state index in [2.05, 4.69) is 0 Å². The van der Waals surface area contributed by atoms with Crippen molar-refractivity contribution in [3.8, 4) is 0 Å². The summed E-state index contributed by atoms with van der Waals surface area (Å²) in [4.78, 5) is 22.0. The van der Waals surface area contributed by atoms with Gasteiger partial charge in [0.25, 0.3) is 0 Å². The number of carbonyl (C=O) groups excluding carboxylic acids is 2. The van der Waals surface area contributed by atoms with Crippen molar-refractivity contribution in [3.05, 3.63) is 35.9 Å². The highest BCUT2D eigenvalue weighted by atomic mass is 16.5. The van der Waals surface area contributed by atoms with Crippen LogP contribution in [-0.2, 0) is 20.9 Å². The van der Waals surface area contributed by atoms with Crippen LogP contribution in [0.25, 0.3) is 0 Å². The van der Waals surface area contributed by atoms with Crippen molar-refractivity contribution in [2.45, 2.75) is 39.2 Å². The van der Waals surface area contributed by atoms with Gasteiger partial charge in [-0.05, 0) is 25.3 Å². The lowest BCUT2D eigenvalue weighted by atomic mass is 10.1. The Morgan fingerprint density at radius 1 is 1.06 bits per heavy atom. The minimum absolute atomic E-state index is 0.169. The van der Waals surface area contributed by atoms with Crippen LogP contribution >= 0.6 is 0 Å². The largest absolute Gasteiger partial charge is 0.461 e. The van der Waals surface area contributed by atoms with Crippen LogP contribution in [-0.4, -0.2) is 11.8 Å². The summed E-state index contributed by atoms with van der Waals surface area (Å²) >= 11 is 0. The molecule has 0 heterocycles. The number of esters is 1. The molecule has 0 aliphatic heterocycles. The van der Waals surface area contributed by atoms with Gasteiger partial charge in [-0.1, -0.05) is 30.3 Å². The molecule has 0 aliphatic carbocycles. The van der Waals surface area contributed by atoms with E-state index in [-0.39, 0.29) is 11.8 Å². The van der Waals surface area contributed by atoms with Gasteiger partial charge < -0.3 is 9.53 Å². The van der Waals surface area contributed by atoms with Gasteiger partial charge in [0.1, 0.15) is 12.4 Å². The number of ketones is 1. The summed E-state index contributed by atoms with van der Waals surface area (Å²) in [7, 11) is 0. The Kier molecular flexibility index (Phi) is 6.00. The van der Waals surface area contributed by atoms with Crippen LogP contribution < -0.4 is 0 Å². The second-order valence-electron chi connectivity index (χ2n) is 4.06. The Morgan fingerprint density at radius 3 is 2.35 bits per heavy atom. The first-order valence-corrected chi connectivity index (χ1v) is 5.87. The van der Waals surface area contributed by atoms with Crippen LogP contribution in [0.3, 0.4) is 0 Å². The van der Waals surface area contributed by atoms with E-state index < -0.39 is 0 Å². The third kappa shape index (κ3) is 6.51. The van der Waals surface area contributed by atoms with E-state index in [1.807, 2.05) is 30.3 Å². The van der Waals surface area contributed by atoms with Gasteiger partial charge in [0, 0.05) is 12.8 Å². The number of rotatable bonds is 7. The molecule has 1 aromatic carbocycles. The molecule has 0 aromatic heterocycles. The summed E-state index contributed by atoms with van der Waals surface area (Å²) in [6.45, 7) is 1.89. The Bertz CT molecular complexity index is 357. The Labute approximate surface area is 102 Å². The van der Waals surface area contributed by atoms with E-state index in [4.69, 9.17) is 4.74 Å². The number of hydrogen-bond acceptors (Lipinski definition) is 3. The van der Waals surface area contributed by atoms with Crippen molar-refractivity contribution in [1.29, 1.82) is 0 Å². The van der Waals surface area contributed by atoms with Crippen LogP contribution in [0.4, 0.5) is 0 Å². The second kappa shape index (κ2) is 7.60. The maximum Gasteiger partial charge on any atom is 0.306 e. The van der Waals surface area contributed by atoms with Crippen LogP contribution in [0.5, 0.6) is 0 Å². The zero-order valence-electron chi connectivity index (χ0n) is 10.1. The summed E-state index contributed by atoms with van der Waals surface area (Å²) in [6, 6.07) is 9.59. The molecule has 0 unspecified atom stereocenters. The van der Waals surface area contributed by atoms with Gasteiger partial charge in [0.05, 0.1) is 0 Å². The molecular formula is C14H18O3. The molecule has 0 saturated carbocycles. The molecule has 0 bridgehead atoms. The van der Waals surface area contributed by atoms with Crippen molar-refractivity contribution in [1.82, 2.24) is 0 Å². The first-order valence-electron chi connectivity index (χ1n) is 5.87. The van der Waals surface area contributed by atoms with E-state index in [0.29, 0.717) is 25.9 Å². The van der Waals surface area contributed by atoms with E-state index in [0.717, 1.165) is 12.0 Å². The number of ether oxygens (including phenoxy) is 1. The molecule has 0 aliphatic rings. The number of unbranched alkanes of at least 4 members (excludes halogenated alkanes) is 1. The normalized spacial score (nSPS) is 9.94. The maximum atomic E-state index is 11.4. The van der Waals surface area contributed by atoms with Crippen molar-refractivity contribution >= 4 is 11.8 Å². The molecule has 1 aromatic rings. The average molecular weight is 234 g/mol. The zero-order valence-corrected chi connectivity index (χ0v) is 10.1. The van der Waals surface area contributed by atoms with Crippen molar-refractivity contribution in [2.24, 2.45) is 0 Å². The summed E-state index contributed by atoms with van der Waals surface area (Å²) in [6.07, 6.45) is 2.41. The van der Waals surface area contributed by atoms with E-state index >= 15 is 0 Å². The van der Waals surface area contributed by atoms with Gasteiger partial charge in [-0.15, -0.1) is 0 Å². The van der Waals surface area contributed by atoms with Crippen LogP contribution in [0.2, 0.25) is 0 Å². The lowest BCUT2D eigenvalue weighted by molar-refractivity contribution is -0.145. The predicted molar refractivity (Wildman–Crippen MR) is 65.4 cm³/mol. The van der Waals surface area contributed by atoms with Gasteiger partial charge in [-0.2, -0.15) is 0 Å². The fraction of sp³-hybridized carbons (Fsp3) is 0.429. The first-order chi connectivity index (χ1) is 8.18. The molecule has 0 radical (unpaired) electrons. The molecule has 17 heavy (non-hydrogen) atoms. The van der Waals surface area contributed by atoms with Crippen LogP contribution in [0.1, 0.15) is 38.2 Å². The predicted octanol–water partition coefficient (Wildman–Crippen LogP) is 2.88. The highest BCUT2D eigenvalue weighted by molar-refractivity contribution is 5.75. The molecule has 0 N–H and O–H groups in total. The third-order valence-corrected chi connectivity index (χ3v) is 2.40. The summed E-state index contributed by atoms with van der Waals surface area (Å²) in [5.74, 6) is -0.0277. The smallest absolute Gasteiger partial charge is 0.306 e. The lowest BCUT2D eigenvalue weighted by Crippen LogP contribution is -2.04. The zero-order chi connectivity index (χ0) is 12.5. The van der Waals surface area contributed by atoms with Gasteiger partial charge in [-0.3, -0.25) is 4.79 Å². The quantitative estimate of drug-likeness (QED) is 0.538. The standard InChI is InChI=1S/C14H18O3/c1-12(15)7-5-6-10-14(16)17-11-13-8-3-2-4-9-13/h2-4,8-9H,5-7,10-11H2,1H3. The summed E-state index contributed by atoms with van der Waals surface area (Å²) < 4.78 is 5.11. The first kappa shape index (κ1) is 13.4. The van der Waals surface area contributed by atoms with Crippen molar-refractivity contribution < 1.29 is 14.3 Å². The SMILES string of the molecule is CC(=O)CCCCC(=O)OCc1ccccc1.